The quantitative estimate of drug-likeness (QED) is 0.760. The summed E-state index contributed by atoms with van der Waals surface area (Å²) in [5, 5.41) is 4.77. The average Bonchev–Trinajstić information content (AvgIpc) is 2.41. The van der Waals surface area contributed by atoms with Crippen LogP contribution in [-0.4, -0.2) is 16.9 Å². The number of urea groups is 1. The van der Waals surface area contributed by atoms with Gasteiger partial charge in [0.15, 0.2) is 0 Å². The number of rotatable bonds is 3. The molecule has 0 saturated carbocycles. The molecule has 1 heterocycles. The fraction of sp³-hybridized carbons (Fsp3) is 0. The molecule has 0 atom stereocenters. The third-order valence-corrected chi connectivity index (χ3v) is 2.74. The van der Waals surface area contributed by atoms with E-state index in [0.717, 1.165) is 12.3 Å². The van der Waals surface area contributed by atoms with Crippen molar-refractivity contribution in [1.82, 2.24) is 4.98 Å². The van der Waals surface area contributed by atoms with Crippen LogP contribution in [0.25, 0.3) is 0 Å². The normalized spacial score (nSPS) is 10.0. The van der Waals surface area contributed by atoms with Gasteiger partial charge in [-0.05, 0) is 24.3 Å². The van der Waals surface area contributed by atoms with Crippen molar-refractivity contribution in [2.24, 2.45) is 5.73 Å². The summed E-state index contributed by atoms with van der Waals surface area (Å²) in [5.41, 5.74) is 5.69. The van der Waals surface area contributed by atoms with Crippen molar-refractivity contribution < 1.29 is 14.0 Å². The maximum Gasteiger partial charge on any atom is 0.316 e. The molecule has 2 rings (SSSR count). The molecule has 108 valence electrons. The molecule has 21 heavy (non-hydrogen) atoms. The fourth-order valence-corrected chi connectivity index (χ4v) is 1.79. The topological polar surface area (TPSA) is 97.1 Å². The minimum Gasteiger partial charge on any atom is -0.351 e. The Kier molecular flexibility index (Phi) is 4.34. The van der Waals surface area contributed by atoms with Gasteiger partial charge in [0.1, 0.15) is 11.0 Å². The molecule has 4 N–H and O–H groups in total. The summed E-state index contributed by atoms with van der Waals surface area (Å²) >= 11 is 5.75. The van der Waals surface area contributed by atoms with Crippen molar-refractivity contribution in [3.05, 3.63) is 53.1 Å². The molecule has 0 fully saturated rings. The van der Waals surface area contributed by atoms with E-state index < -0.39 is 17.8 Å². The van der Waals surface area contributed by atoms with E-state index in [2.05, 4.69) is 15.6 Å². The van der Waals surface area contributed by atoms with E-state index in [-0.39, 0.29) is 10.7 Å². The molecule has 1 aromatic heterocycles. The van der Waals surface area contributed by atoms with Crippen LogP contribution in [0.1, 0.15) is 10.4 Å². The highest BCUT2D eigenvalue weighted by Crippen LogP contribution is 2.18. The molecule has 0 aliphatic rings. The van der Waals surface area contributed by atoms with Crippen LogP contribution in [0.15, 0.2) is 36.5 Å². The number of nitrogens with two attached hydrogens (primary N) is 1. The maximum absolute atomic E-state index is 13.1. The number of carbonyl (C=O) groups excluding carboxylic acids is 2. The van der Waals surface area contributed by atoms with E-state index >= 15 is 0 Å². The van der Waals surface area contributed by atoms with Crippen molar-refractivity contribution >= 4 is 34.9 Å². The van der Waals surface area contributed by atoms with Crippen LogP contribution in [-0.2, 0) is 0 Å². The first-order valence-electron chi connectivity index (χ1n) is 5.74. The van der Waals surface area contributed by atoms with Gasteiger partial charge in [-0.3, -0.25) is 4.79 Å². The first-order valence-corrected chi connectivity index (χ1v) is 6.12. The molecule has 0 bridgehead atoms. The van der Waals surface area contributed by atoms with E-state index in [1.807, 2.05) is 0 Å². The molecule has 0 unspecified atom stereocenters. The molecule has 2 aromatic rings. The lowest BCUT2D eigenvalue weighted by Gasteiger charge is -2.08. The summed E-state index contributed by atoms with van der Waals surface area (Å²) in [6, 6.07) is 6.53. The van der Waals surface area contributed by atoms with Crippen molar-refractivity contribution in [2.45, 2.75) is 0 Å². The van der Waals surface area contributed by atoms with Crippen molar-refractivity contribution in [1.29, 1.82) is 0 Å². The number of carbonyl (C=O) groups is 2. The van der Waals surface area contributed by atoms with E-state index in [4.69, 9.17) is 17.3 Å². The van der Waals surface area contributed by atoms with Gasteiger partial charge >= 0.3 is 6.03 Å². The number of hydrogen-bond donors (Lipinski definition) is 3. The summed E-state index contributed by atoms with van der Waals surface area (Å²) in [7, 11) is 0. The number of benzene rings is 1. The Hall–Kier alpha value is -2.67. The molecule has 1 aromatic carbocycles. The molecule has 0 aliphatic heterocycles. The number of pyridine rings is 1. The second kappa shape index (κ2) is 6.19. The van der Waals surface area contributed by atoms with Crippen LogP contribution < -0.4 is 16.4 Å². The van der Waals surface area contributed by atoms with Gasteiger partial charge in [-0.2, -0.15) is 0 Å². The summed E-state index contributed by atoms with van der Waals surface area (Å²) in [6.45, 7) is 0. The Bertz CT molecular complexity index is 708. The van der Waals surface area contributed by atoms with E-state index in [9.17, 15) is 14.0 Å². The van der Waals surface area contributed by atoms with Crippen molar-refractivity contribution in [3.63, 3.8) is 0 Å². The molecule has 0 aliphatic carbocycles. The highest BCUT2D eigenvalue weighted by molar-refractivity contribution is 6.33. The number of primary amides is 1. The molecular formula is C13H10ClFN4O2. The Labute approximate surface area is 124 Å². The minimum atomic E-state index is -0.726. The molecule has 0 spiro atoms. The average molecular weight is 309 g/mol. The Morgan fingerprint density at radius 1 is 1.19 bits per heavy atom. The van der Waals surface area contributed by atoms with Crippen LogP contribution in [0.2, 0.25) is 5.15 Å². The van der Waals surface area contributed by atoms with Gasteiger partial charge in [-0.25, -0.2) is 14.2 Å². The largest absolute Gasteiger partial charge is 0.351 e. The predicted molar refractivity (Wildman–Crippen MR) is 76.8 cm³/mol. The SMILES string of the molecule is NC(=O)Nc1cccc(NC(=O)c2cc(F)cnc2Cl)c1. The number of nitrogens with zero attached hydrogens (tertiary/aromatic N) is 1. The summed E-state index contributed by atoms with van der Waals surface area (Å²) in [5.74, 6) is -1.29. The number of amides is 3. The fourth-order valence-electron chi connectivity index (χ4n) is 1.60. The Balaban J connectivity index is 2.19. The third kappa shape index (κ3) is 3.90. The van der Waals surface area contributed by atoms with Crippen LogP contribution in [0.5, 0.6) is 0 Å². The first-order chi connectivity index (χ1) is 9.95. The van der Waals surface area contributed by atoms with Gasteiger partial charge in [-0.1, -0.05) is 17.7 Å². The molecule has 3 amide bonds. The predicted octanol–water partition coefficient (Wildman–Crippen LogP) is 2.62. The monoisotopic (exact) mass is 308 g/mol. The van der Waals surface area contributed by atoms with Crippen LogP contribution in [0, 0.1) is 5.82 Å². The number of hydrogen-bond acceptors (Lipinski definition) is 3. The van der Waals surface area contributed by atoms with Crippen LogP contribution in [0.3, 0.4) is 0 Å². The molecule has 0 radical (unpaired) electrons. The Morgan fingerprint density at radius 3 is 2.52 bits per heavy atom. The summed E-state index contributed by atoms with van der Waals surface area (Å²) < 4.78 is 13.1. The summed E-state index contributed by atoms with van der Waals surface area (Å²) in [6.07, 6.45) is 0.913. The van der Waals surface area contributed by atoms with Gasteiger partial charge in [-0.15, -0.1) is 0 Å². The molecule has 0 saturated heterocycles. The number of aromatic nitrogens is 1. The summed E-state index contributed by atoms with van der Waals surface area (Å²) in [4.78, 5) is 26.3. The van der Waals surface area contributed by atoms with Crippen LogP contribution >= 0.6 is 11.6 Å². The van der Waals surface area contributed by atoms with Gasteiger partial charge in [0.2, 0.25) is 0 Å². The first kappa shape index (κ1) is 14.7. The second-order valence-electron chi connectivity index (χ2n) is 4.02. The van der Waals surface area contributed by atoms with E-state index in [1.54, 1.807) is 18.2 Å². The van der Waals surface area contributed by atoms with Gasteiger partial charge in [0.25, 0.3) is 5.91 Å². The van der Waals surface area contributed by atoms with E-state index in [0.29, 0.717) is 11.4 Å². The smallest absolute Gasteiger partial charge is 0.316 e. The van der Waals surface area contributed by atoms with Crippen molar-refractivity contribution in [2.75, 3.05) is 10.6 Å². The number of anilines is 2. The van der Waals surface area contributed by atoms with Crippen molar-refractivity contribution in [3.8, 4) is 0 Å². The minimum absolute atomic E-state index is 0.0927. The number of nitrogens with one attached hydrogen (secondary N) is 2. The highest BCUT2D eigenvalue weighted by Gasteiger charge is 2.13. The van der Waals surface area contributed by atoms with Gasteiger partial charge < -0.3 is 16.4 Å². The molecule has 8 heteroatoms. The number of halogens is 2. The van der Waals surface area contributed by atoms with E-state index in [1.165, 1.54) is 6.07 Å². The molecular weight excluding hydrogens is 299 g/mol. The third-order valence-electron chi connectivity index (χ3n) is 2.44. The zero-order chi connectivity index (χ0) is 15.4. The lowest BCUT2D eigenvalue weighted by molar-refractivity contribution is 0.102. The second-order valence-corrected chi connectivity index (χ2v) is 4.37. The Morgan fingerprint density at radius 2 is 1.86 bits per heavy atom. The van der Waals surface area contributed by atoms with Gasteiger partial charge in [0.05, 0.1) is 11.8 Å². The zero-order valence-electron chi connectivity index (χ0n) is 10.6. The maximum atomic E-state index is 13.1. The highest BCUT2D eigenvalue weighted by atomic mass is 35.5. The zero-order valence-corrected chi connectivity index (χ0v) is 11.3. The van der Waals surface area contributed by atoms with Gasteiger partial charge in [0, 0.05) is 11.4 Å². The standard InChI is InChI=1S/C13H10ClFN4O2/c14-11-10(4-7(15)6-17-11)12(20)18-8-2-1-3-9(5-8)19-13(16)21/h1-6H,(H,18,20)(H3,16,19,21). The lowest BCUT2D eigenvalue weighted by Crippen LogP contribution is -2.19. The van der Waals surface area contributed by atoms with Crippen LogP contribution in [0.4, 0.5) is 20.6 Å². The molecule has 6 nitrogen and oxygen atoms in total. The lowest BCUT2D eigenvalue weighted by atomic mass is 10.2.